The molecule has 0 spiro atoms. The third-order valence-electron chi connectivity index (χ3n) is 10.9. The van der Waals surface area contributed by atoms with Crippen molar-refractivity contribution in [2.45, 2.75) is 0 Å². The molecule has 0 fully saturated rings. The van der Waals surface area contributed by atoms with Gasteiger partial charge in [0.15, 0.2) is 17.2 Å². The number of fused-ring (bicyclic) bond motifs is 13. The number of hydrogen-bond acceptors (Lipinski definition) is 4. The van der Waals surface area contributed by atoms with E-state index in [9.17, 15) is 0 Å². The van der Waals surface area contributed by atoms with E-state index in [-0.39, 0.29) is 0 Å². The smallest absolute Gasteiger partial charge is 0.238 e. The van der Waals surface area contributed by atoms with Gasteiger partial charge in [-0.25, -0.2) is 4.98 Å². The maximum Gasteiger partial charge on any atom is 0.238 e. The molecule has 6 heteroatoms. The van der Waals surface area contributed by atoms with Crippen molar-refractivity contribution in [1.82, 2.24) is 24.1 Å². The second-order valence-electron chi connectivity index (χ2n) is 14.0. The van der Waals surface area contributed by atoms with Crippen LogP contribution in [0.25, 0.3) is 111 Å². The summed E-state index contributed by atoms with van der Waals surface area (Å²) in [5.41, 5.74) is 8.68. The first-order chi connectivity index (χ1) is 27.3. The van der Waals surface area contributed by atoms with Gasteiger partial charge in [0.05, 0.1) is 16.6 Å². The molecule has 0 saturated heterocycles. The average Bonchev–Trinajstić information content (AvgIpc) is 3.92. The van der Waals surface area contributed by atoms with Crippen molar-refractivity contribution in [1.29, 1.82) is 0 Å². The van der Waals surface area contributed by atoms with E-state index in [1.807, 2.05) is 24.3 Å². The van der Waals surface area contributed by atoms with E-state index in [0.717, 1.165) is 87.8 Å². The molecule has 0 bridgehead atoms. The fourth-order valence-corrected chi connectivity index (χ4v) is 8.58. The standard InChI is InChI=1S/C49H29N5O/c1-3-16-31(17-4-1)47-50-48(33-28-27-30-15-7-8-18-32(30)29-33)52-49(51-47)54-39-25-13-10-22-36(39)43-44-41(42-37-23-11-14-26-40(37)55-46(42)45(43)54)35-21-9-12-24-38(35)53(44)34-19-5-2-6-20-34/h1-29H. The molecule has 6 nitrogen and oxygen atoms in total. The summed E-state index contributed by atoms with van der Waals surface area (Å²) < 4.78 is 11.6. The molecule has 0 radical (unpaired) electrons. The summed E-state index contributed by atoms with van der Waals surface area (Å²) in [5.74, 6) is 1.72. The monoisotopic (exact) mass is 703 g/mol. The molecular weight excluding hydrogens is 675 g/mol. The maximum absolute atomic E-state index is 7.01. The Balaban J connectivity index is 1.30. The van der Waals surface area contributed by atoms with Crippen LogP contribution in [0.2, 0.25) is 0 Å². The highest BCUT2D eigenvalue weighted by molar-refractivity contribution is 6.39. The van der Waals surface area contributed by atoms with Crippen LogP contribution in [0.1, 0.15) is 0 Å². The highest BCUT2D eigenvalue weighted by atomic mass is 16.3. The van der Waals surface area contributed by atoms with E-state index in [1.165, 1.54) is 5.39 Å². The minimum Gasteiger partial charge on any atom is -0.454 e. The lowest BCUT2D eigenvalue weighted by molar-refractivity contribution is 0.671. The lowest BCUT2D eigenvalue weighted by atomic mass is 10.0. The Hall–Kier alpha value is -7.57. The lowest BCUT2D eigenvalue weighted by Gasteiger charge is -2.12. The first kappa shape index (κ1) is 29.9. The Bertz CT molecular complexity index is 3490. The van der Waals surface area contributed by atoms with Crippen LogP contribution in [0.4, 0.5) is 0 Å². The van der Waals surface area contributed by atoms with Gasteiger partial charge in [0.2, 0.25) is 5.95 Å². The fraction of sp³-hybridized carbons (Fsp3) is 0. The highest BCUT2D eigenvalue weighted by Crippen LogP contribution is 2.49. The molecule has 12 aromatic rings. The molecule has 0 aliphatic carbocycles. The van der Waals surface area contributed by atoms with E-state index in [0.29, 0.717) is 17.6 Å². The van der Waals surface area contributed by atoms with Crippen molar-refractivity contribution in [2.75, 3.05) is 0 Å². The van der Waals surface area contributed by atoms with Crippen molar-refractivity contribution in [3.05, 3.63) is 176 Å². The van der Waals surface area contributed by atoms with Gasteiger partial charge in [-0.2, -0.15) is 9.97 Å². The fourth-order valence-electron chi connectivity index (χ4n) is 8.58. The highest BCUT2D eigenvalue weighted by Gasteiger charge is 2.28. The van der Waals surface area contributed by atoms with Gasteiger partial charge in [-0.15, -0.1) is 0 Å². The number of para-hydroxylation sites is 4. The van der Waals surface area contributed by atoms with Gasteiger partial charge in [0, 0.05) is 49.1 Å². The predicted molar refractivity (Wildman–Crippen MR) is 224 cm³/mol. The van der Waals surface area contributed by atoms with Crippen molar-refractivity contribution in [3.8, 4) is 34.4 Å². The molecule has 0 amide bonds. The molecule has 0 atom stereocenters. The summed E-state index contributed by atoms with van der Waals surface area (Å²) >= 11 is 0. The van der Waals surface area contributed by atoms with Crippen molar-refractivity contribution in [3.63, 3.8) is 0 Å². The normalized spacial score (nSPS) is 12.0. The van der Waals surface area contributed by atoms with Gasteiger partial charge in [-0.1, -0.05) is 140 Å². The predicted octanol–water partition coefficient (Wildman–Crippen LogP) is 12.5. The summed E-state index contributed by atoms with van der Waals surface area (Å²) in [7, 11) is 0. The van der Waals surface area contributed by atoms with E-state index in [1.54, 1.807) is 0 Å². The Kier molecular flexibility index (Phi) is 6.24. The minimum absolute atomic E-state index is 0.520. The SMILES string of the molecule is c1ccc(-c2nc(-c3ccc4ccccc4c3)nc(-n3c4ccccc4c4c3c3oc5ccccc5c3c3c5ccccc5n(-c5ccccc5)c34)n2)cc1. The topological polar surface area (TPSA) is 61.7 Å². The number of furan rings is 1. The van der Waals surface area contributed by atoms with E-state index >= 15 is 0 Å². The third-order valence-corrected chi connectivity index (χ3v) is 10.9. The number of aromatic nitrogens is 5. The van der Waals surface area contributed by atoms with Crippen LogP contribution in [0, 0.1) is 0 Å². The Morgan fingerprint density at radius 2 is 1.00 bits per heavy atom. The number of benzene rings is 8. The minimum atomic E-state index is 0.520. The van der Waals surface area contributed by atoms with Crippen molar-refractivity contribution >= 4 is 76.3 Å². The van der Waals surface area contributed by atoms with Crippen molar-refractivity contribution in [2.24, 2.45) is 0 Å². The zero-order valence-electron chi connectivity index (χ0n) is 29.4. The zero-order valence-corrected chi connectivity index (χ0v) is 29.4. The first-order valence-corrected chi connectivity index (χ1v) is 18.5. The van der Waals surface area contributed by atoms with Gasteiger partial charge in [-0.05, 0) is 47.2 Å². The summed E-state index contributed by atoms with van der Waals surface area (Å²) in [6.45, 7) is 0. The van der Waals surface area contributed by atoms with Crippen LogP contribution in [-0.4, -0.2) is 24.1 Å². The van der Waals surface area contributed by atoms with Crippen LogP contribution >= 0.6 is 0 Å². The van der Waals surface area contributed by atoms with Gasteiger partial charge in [0.1, 0.15) is 11.1 Å². The summed E-state index contributed by atoms with van der Waals surface area (Å²) in [6.07, 6.45) is 0. The molecule has 0 saturated carbocycles. The number of rotatable bonds is 4. The number of hydrogen-bond donors (Lipinski definition) is 0. The molecule has 0 unspecified atom stereocenters. The van der Waals surface area contributed by atoms with E-state index < -0.39 is 0 Å². The quantitative estimate of drug-likeness (QED) is 0.183. The molecule has 55 heavy (non-hydrogen) atoms. The molecule has 4 heterocycles. The Labute approximate surface area is 314 Å². The first-order valence-electron chi connectivity index (χ1n) is 18.5. The van der Waals surface area contributed by atoms with Gasteiger partial charge in [0.25, 0.3) is 0 Å². The van der Waals surface area contributed by atoms with Gasteiger partial charge in [-0.3, -0.25) is 4.57 Å². The molecule has 0 aliphatic rings. The molecule has 4 aromatic heterocycles. The third kappa shape index (κ3) is 4.33. The Morgan fingerprint density at radius 1 is 0.400 bits per heavy atom. The Morgan fingerprint density at radius 3 is 1.78 bits per heavy atom. The second-order valence-corrected chi connectivity index (χ2v) is 14.0. The van der Waals surface area contributed by atoms with Crippen LogP contribution < -0.4 is 0 Å². The molecule has 8 aromatic carbocycles. The maximum atomic E-state index is 7.01. The van der Waals surface area contributed by atoms with E-state index in [2.05, 4.69) is 161 Å². The molecule has 256 valence electrons. The summed E-state index contributed by atoms with van der Waals surface area (Å²) in [5, 5.41) is 8.91. The molecule has 12 rings (SSSR count). The second kappa shape index (κ2) is 11.5. The van der Waals surface area contributed by atoms with Crippen LogP contribution in [0.3, 0.4) is 0 Å². The zero-order chi connectivity index (χ0) is 36.0. The molecule has 0 aliphatic heterocycles. The average molecular weight is 704 g/mol. The molecule has 0 N–H and O–H groups in total. The largest absolute Gasteiger partial charge is 0.454 e. The summed E-state index contributed by atoms with van der Waals surface area (Å²) in [4.78, 5) is 15.7. The van der Waals surface area contributed by atoms with Crippen LogP contribution in [-0.2, 0) is 0 Å². The number of nitrogens with zero attached hydrogens (tertiary/aromatic N) is 5. The van der Waals surface area contributed by atoms with Gasteiger partial charge >= 0.3 is 0 Å². The van der Waals surface area contributed by atoms with Gasteiger partial charge < -0.3 is 8.98 Å². The summed E-state index contributed by atoms with van der Waals surface area (Å²) in [6, 6.07) is 61.2. The van der Waals surface area contributed by atoms with Crippen molar-refractivity contribution < 1.29 is 4.42 Å². The molecular formula is C49H29N5O. The van der Waals surface area contributed by atoms with Crippen LogP contribution in [0.15, 0.2) is 180 Å². The van der Waals surface area contributed by atoms with Crippen LogP contribution in [0.5, 0.6) is 0 Å². The van der Waals surface area contributed by atoms with E-state index in [4.69, 9.17) is 19.4 Å². The lowest BCUT2D eigenvalue weighted by Crippen LogP contribution is -2.06.